The van der Waals surface area contributed by atoms with Gasteiger partial charge >= 0.3 is 6.36 Å². The zero-order valence-electron chi connectivity index (χ0n) is 25.0. The monoisotopic (exact) mass is 624 g/mol. The van der Waals surface area contributed by atoms with Crippen molar-refractivity contribution in [3.05, 3.63) is 54.4 Å². The smallest absolute Gasteiger partial charge is 0.495 e. The van der Waals surface area contributed by atoms with E-state index in [0.29, 0.717) is 45.6 Å². The lowest BCUT2D eigenvalue weighted by Gasteiger charge is -2.41. The molecule has 2 aliphatic heterocycles. The number of nitrogens with two attached hydrogens (primary N) is 1. The summed E-state index contributed by atoms with van der Waals surface area (Å²) >= 11 is 0. The van der Waals surface area contributed by atoms with Gasteiger partial charge in [-0.1, -0.05) is 6.07 Å². The van der Waals surface area contributed by atoms with Gasteiger partial charge in [0, 0.05) is 30.3 Å². The fourth-order valence-corrected chi connectivity index (χ4v) is 6.25. The molecule has 4 aromatic rings. The summed E-state index contributed by atoms with van der Waals surface area (Å²) in [6.45, 7) is 4.26. The Balaban J connectivity index is 1.22. The van der Waals surface area contributed by atoms with Gasteiger partial charge < -0.3 is 30.3 Å². The number of aromatic nitrogens is 4. The van der Waals surface area contributed by atoms with E-state index in [1.165, 1.54) is 38.4 Å². The molecule has 11 nitrogen and oxygen atoms in total. The Hall–Kier alpha value is -4.43. The number of carbonyl (C=O) groups excluding carboxylic acids is 1. The highest BCUT2D eigenvalue weighted by Crippen LogP contribution is 2.38. The van der Waals surface area contributed by atoms with Crippen molar-refractivity contribution in [2.75, 3.05) is 51.4 Å². The molecule has 2 fully saturated rings. The lowest BCUT2D eigenvalue weighted by atomic mass is 9.98. The lowest BCUT2D eigenvalue weighted by Crippen LogP contribution is -2.47. The summed E-state index contributed by atoms with van der Waals surface area (Å²) < 4.78 is 48.9. The number of hydrogen-bond donors (Lipinski definition) is 2. The molecule has 238 valence electrons. The molecule has 2 aliphatic rings. The molecule has 3 N–H and O–H groups in total. The Morgan fingerprint density at radius 2 is 1.67 bits per heavy atom. The summed E-state index contributed by atoms with van der Waals surface area (Å²) in [7, 11) is 3.66. The summed E-state index contributed by atoms with van der Waals surface area (Å²) in [5.41, 5.74) is 8.86. The molecule has 45 heavy (non-hydrogen) atoms. The first kappa shape index (κ1) is 30.6. The average Bonchev–Trinajstić information content (AvgIpc) is 3.42. The number of piperidine rings is 2. The van der Waals surface area contributed by atoms with Crippen LogP contribution in [0.1, 0.15) is 42.1 Å². The van der Waals surface area contributed by atoms with E-state index < -0.39 is 18.0 Å². The minimum absolute atomic E-state index is 0.146. The maximum Gasteiger partial charge on any atom is 0.573 e. The number of hydrogen-bond acceptors (Lipinski definition) is 9. The van der Waals surface area contributed by atoms with Crippen LogP contribution in [0.2, 0.25) is 0 Å². The molecule has 0 radical (unpaired) electrons. The van der Waals surface area contributed by atoms with Crippen LogP contribution in [0.15, 0.2) is 48.8 Å². The number of alkyl halides is 3. The van der Waals surface area contributed by atoms with E-state index in [4.69, 9.17) is 15.6 Å². The maximum absolute atomic E-state index is 12.9. The number of halogens is 3. The van der Waals surface area contributed by atoms with Crippen LogP contribution in [0.3, 0.4) is 0 Å². The molecule has 0 aliphatic carbocycles. The van der Waals surface area contributed by atoms with Crippen LogP contribution in [-0.4, -0.2) is 88.2 Å². The van der Waals surface area contributed by atoms with Gasteiger partial charge in [-0.15, -0.1) is 13.2 Å². The highest BCUT2D eigenvalue weighted by Gasteiger charge is 2.32. The zero-order valence-corrected chi connectivity index (χ0v) is 25.0. The molecule has 4 heterocycles. The van der Waals surface area contributed by atoms with Crippen LogP contribution in [0.25, 0.3) is 22.3 Å². The number of likely N-dealkylation sites (tertiary alicyclic amines) is 2. The molecule has 2 aromatic heterocycles. The fraction of sp³-hybridized carbons (Fsp3) is 0.419. The Morgan fingerprint density at radius 1 is 0.978 bits per heavy atom. The second-order valence-corrected chi connectivity index (χ2v) is 11.5. The van der Waals surface area contributed by atoms with Crippen LogP contribution >= 0.6 is 0 Å². The van der Waals surface area contributed by atoms with Crippen molar-refractivity contribution >= 4 is 28.4 Å². The SMILES string of the molecule is COc1cc(-c2nn(C3CCN(C4CCN(C)CC4)CC3)c3ncnc(N)c23)ccc1NC(=O)c1ccc(OC(F)(F)F)cc1. The van der Waals surface area contributed by atoms with E-state index in [1.54, 1.807) is 18.2 Å². The number of fused-ring (bicyclic) bond motifs is 1. The largest absolute Gasteiger partial charge is 0.573 e. The van der Waals surface area contributed by atoms with E-state index in [0.717, 1.165) is 51.2 Å². The molecular formula is C31H35F3N8O3. The van der Waals surface area contributed by atoms with Crippen LogP contribution in [0, 0.1) is 0 Å². The van der Waals surface area contributed by atoms with E-state index in [1.807, 2.05) is 4.68 Å². The van der Waals surface area contributed by atoms with Gasteiger partial charge in [0.25, 0.3) is 5.91 Å². The molecule has 0 bridgehead atoms. The minimum atomic E-state index is -4.82. The van der Waals surface area contributed by atoms with Crippen molar-refractivity contribution in [2.24, 2.45) is 0 Å². The molecule has 0 atom stereocenters. The minimum Gasteiger partial charge on any atom is -0.495 e. The van der Waals surface area contributed by atoms with Crippen LogP contribution in [0.4, 0.5) is 24.7 Å². The predicted octanol–water partition coefficient (Wildman–Crippen LogP) is 4.97. The second-order valence-electron chi connectivity index (χ2n) is 11.5. The van der Waals surface area contributed by atoms with Crippen LogP contribution in [-0.2, 0) is 0 Å². The van der Waals surface area contributed by atoms with Crippen molar-refractivity contribution in [3.8, 4) is 22.8 Å². The van der Waals surface area contributed by atoms with Gasteiger partial charge in [0.15, 0.2) is 5.65 Å². The summed E-state index contributed by atoms with van der Waals surface area (Å²) in [5.74, 6) is -0.265. The number of nitrogens with one attached hydrogen (secondary N) is 1. The van der Waals surface area contributed by atoms with Gasteiger partial charge in [0.1, 0.15) is 29.3 Å². The molecule has 2 saturated heterocycles. The predicted molar refractivity (Wildman–Crippen MR) is 163 cm³/mol. The van der Waals surface area contributed by atoms with Crippen LogP contribution in [0.5, 0.6) is 11.5 Å². The molecule has 6 rings (SSSR count). The number of anilines is 2. The van der Waals surface area contributed by atoms with Gasteiger partial charge in [-0.2, -0.15) is 5.10 Å². The van der Waals surface area contributed by atoms with E-state index in [2.05, 4.69) is 36.9 Å². The third-order valence-electron chi connectivity index (χ3n) is 8.64. The third kappa shape index (κ3) is 6.66. The van der Waals surface area contributed by atoms with Crippen LogP contribution < -0.4 is 20.5 Å². The topological polar surface area (TPSA) is 124 Å². The number of amides is 1. The molecule has 0 saturated carbocycles. The number of benzene rings is 2. The van der Waals surface area contributed by atoms with Gasteiger partial charge in [-0.25, -0.2) is 14.6 Å². The first-order valence-electron chi connectivity index (χ1n) is 14.9. The van der Waals surface area contributed by atoms with Crippen molar-refractivity contribution in [1.82, 2.24) is 29.5 Å². The number of methoxy groups -OCH3 is 1. The van der Waals surface area contributed by atoms with Gasteiger partial charge in [-0.05, 0) is 82.2 Å². The van der Waals surface area contributed by atoms with Crippen molar-refractivity contribution < 1.29 is 27.4 Å². The molecule has 1 amide bonds. The first-order valence-corrected chi connectivity index (χ1v) is 14.9. The van der Waals surface area contributed by atoms with Gasteiger partial charge in [0.2, 0.25) is 0 Å². The normalized spacial score (nSPS) is 17.4. The summed E-state index contributed by atoms with van der Waals surface area (Å²) in [4.78, 5) is 26.7. The zero-order chi connectivity index (χ0) is 31.7. The van der Waals surface area contributed by atoms with E-state index in [-0.39, 0.29) is 11.6 Å². The van der Waals surface area contributed by atoms with Crippen molar-refractivity contribution in [3.63, 3.8) is 0 Å². The van der Waals surface area contributed by atoms with E-state index >= 15 is 0 Å². The standard InChI is InChI=1S/C31H35F3N8O3/c1-40-13-9-21(10-14-40)41-15-11-22(12-16-41)42-29-26(28(35)36-18-37-29)27(39-42)20-5-8-24(25(17-20)44-2)38-30(43)19-3-6-23(7-4-19)45-31(32,33)34/h3-8,17-18,21-22H,9-16H2,1-2H3,(H,38,43)(H2,35,36,37). The Labute approximate surface area is 258 Å². The maximum atomic E-state index is 12.9. The Kier molecular flexibility index (Phi) is 8.51. The van der Waals surface area contributed by atoms with Gasteiger partial charge in [0.05, 0.1) is 24.2 Å². The molecule has 0 spiro atoms. The average molecular weight is 625 g/mol. The Morgan fingerprint density at radius 3 is 2.33 bits per heavy atom. The summed E-state index contributed by atoms with van der Waals surface area (Å²) in [6, 6.07) is 10.7. The molecule has 14 heteroatoms. The van der Waals surface area contributed by atoms with Gasteiger partial charge in [-0.3, -0.25) is 4.79 Å². The highest BCUT2D eigenvalue weighted by atomic mass is 19.4. The molecule has 2 aromatic carbocycles. The molecule has 0 unspecified atom stereocenters. The third-order valence-corrected chi connectivity index (χ3v) is 8.64. The number of carbonyl (C=O) groups is 1. The first-order chi connectivity index (χ1) is 21.6. The Bertz CT molecular complexity index is 1660. The number of nitrogen functional groups attached to an aromatic ring is 1. The number of ether oxygens (including phenoxy) is 2. The summed E-state index contributed by atoms with van der Waals surface area (Å²) in [6.07, 6.45) is 0.922. The number of nitrogens with zero attached hydrogens (tertiary/aromatic N) is 6. The van der Waals surface area contributed by atoms with Crippen molar-refractivity contribution in [2.45, 2.75) is 44.1 Å². The van der Waals surface area contributed by atoms with E-state index in [9.17, 15) is 18.0 Å². The highest BCUT2D eigenvalue weighted by molar-refractivity contribution is 6.05. The lowest BCUT2D eigenvalue weighted by molar-refractivity contribution is -0.274. The molecular weight excluding hydrogens is 589 g/mol. The van der Waals surface area contributed by atoms with Crippen molar-refractivity contribution in [1.29, 1.82) is 0 Å². The number of rotatable bonds is 7. The summed E-state index contributed by atoms with van der Waals surface area (Å²) in [5, 5.41) is 8.42. The second kappa shape index (κ2) is 12.5. The quantitative estimate of drug-likeness (QED) is 0.294. The fourth-order valence-electron chi connectivity index (χ4n) is 6.25.